The third-order valence-corrected chi connectivity index (χ3v) is 3.89. The van der Waals surface area contributed by atoms with E-state index in [1.165, 1.54) is 0 Å². The molecule has 2 aromatic rings. The van der Waals surface area contributed by atoms with Gasteiger partial charge in [-0.15, -0.1) is 12.4 Å². The van der Waals surface area contributed by atoms with Gasteiger partial charge in [0.05, 0.1) is 7.11 Å². The largest absolute Gasteiger partial charge is 0.497 e. The summed E-state index contributed by atoms with van der Waals surface area (Å²) in [7, 11) is 1.57. The highest BCUT2D eigenvalue weighted by atomic mass is 35.5. The fourth-order valence-electron chi connectivity index (χ4n) is 2.30. The van der Waals surface area contributed by atoms with Crippen molar-refractivity contribution in [3.63, 3.8) is 0 Å². The second kappa shape index (κ2) is 9.79. The Morgan fingerprint density at radius 1 is 1.00 bits per heavy atom. The van der Waals surface area contributed by atoms with E-state index in [9.17, 15) is 9.59 Å². The Morgan fingerprint density at radius 2 is 1.58 bits per heavy atom. The molecule has 2 aromatic carbocycles. The SMILES string of the molecule is COc1ccc(C(=O)NCCNC(=O)C(C)(N)c2ccccc2)cc1.Cl. The number of carbonyl (C=O) groups excluding carboxylic acids is 2. The minimum absolute atomic E-state index is 0. The van der Waals surface area contributed by atoms with Crippen LogP contribution in [0, 0.1) is 0 Å². The van der Waals surface area contributed by atoms with Crippen LogP contribution in [0.2, 0.25) is 0 Å². The third kappa shape index (κ3) is 5.47. The molecule has 0 saturated carbocycles. The first-order valence-corrected chi connectivity index (χ1v) is 8.00. The molecule has 0 fully saturated rings. The molecule has 0 radical (unpaired) electrons. The Hall–Kier alpha value is -2.57. The van der Waals surface area contributed by atoms with Crippen LogP contribution in [0.15, 0.2) is 54.6 Å². The lowest BCUT2D eigenvalue weighted by Crippen LogP contribution is -2.50. The van der Waals surface area contributed by atoms with Crippen LogP contribution in [0.5, 0.6) is 5.75 Å². The highest BCUT2D eigenvalue weighted by Gasteiger charge is 2.29. The number of nitrogens with one attached hydrogen (secondary N) is 2. The Labute approximate surface area is 159 Å². The molecule has 1 atom stereocenters. The van der Waals surface area contributed by atoms with Gasteiger partial charge in [0, 0.05) is 18.7 Å². The number of nitrogens with two attached hydrogens (primary N) is 1. The molecule has 26 heavy (non-hydrogen) atoms. The van der Waals surface area contributed by atoms with Crippen LogP contribution in [0.25, 0.3) is 0 Å². The number of hydrogen-bond acceptors (Lipinski definition) is 4. The van der Waals surface area contributed by atoms with Gasteiger partial charge in [0.1, 0.15) is 11.3 Å². The van der Waals surface area contributed by atoms with Crippen molar-refractivity contribution in [1.82, 2.24) is 10.6 Å². The van der Waals surface area contributed by atoms with Gasteiger partial charge in [-0.1, -0.05) is 30.3 Å². The molecule has 0 spiro atoms. The Morgan fingerprint density at radius 3 is 2.15 bits per heavy atom. The highest BCUT2D eigenvalue weighted by Crippen LogP contribution is 2.17. The lowest BCUT2D eigenvalue weighted by molar-refractivity contribution is -0.126. The van der Waals surface area contributed by atoms with Gasteiger partial charge in [0.25, 0.3) is 5.91 Å². The Bertz CT molecular complexity index is 719. The van der Waals surface area contributed by atoms with Crippen molar-refractivity contribution in [3.8, 4) is 5.75 Å². The molecule has 0 aliphatic rings. The molecule has 0 aromatic heterocycles. The molecule has 0 heterocycles. The van der Waals surface area contributed by atoms with Gasteiger partial charge < -0.3 is 21.1 Å². The van der Waals surface area contributed by atoms with Crippen molar-refractivity contribution in [2.45, 2.75) is 12.5 Å². The number of methoxy groups -OCH3 is 1. The van der Waals surface area contributed by atoms with Crippen molar-refractivity contribution < 1.29 is 14.3 Å². The van der Waals surface area contributed by atoms with Gasteiger partial charge in [-0.05, 0) is 36.8 Å². The minimum atomic E-state index is -1.12. The molecular formula is C19H24ClN3O3. The number of rotatable bonds is 7. The van der Waals surface area contributed by atoms with Crippen molar-refractivity contribution in [2.75, 3.05) is 20.2 Å². The quantitative estimate of drug-likeness (QED) is 0.642. The topological polar surface area (TPSA) is 93.5 Å². The van der Waals surface area contributed by atoms with Crippen LogP contribution in [0.1, 0.15) is 22.8 Å². The second-order valence-corrected chi connectivity index (χ2v) is 5.81. The van der Waals surface area contributed by atoms with E-state index >= 15 is 0 Å². The summed E-state index contributed by atoms with van der Waals surface area (Å²) in [5.74, 6) is 0.180. The molecule has 6 nitrogen and oxygen atoms in total. The lowest BCUT2D eigenvalue weighted by Gasteiger charge is -2.24. The van der Waals surface area contributed by atoms with Gasteiger partial charge in [-0.3, -0.25) is 9.59 Å². The molecule has 0 aliphatic carbocycles. The van der Waals surface area contributed by atoms with Gasteiger partial charge in [0.2, 0.25) is 5.91 Å². The van der Waals surface area contributed by atoms with Crippen molar-refractivity contribution in [1.29, 1.82) is 0 Å². The first-order valence-electron chi connectivity index (χ1n) is 8.00. The fourth-order valence-corrected chi connectivity index (χ4v) is 2.30. The summed E-state index contributed by atoms with van der Waals surface area (Å²) in [6, 6.07) is 16.0. The van der Waals surface area contributed by atoms with Gasteiger partial charge in [-0.25, -0.2) is 0 Å². The first kappa shape index (κ1) is 21.5. The molecule has 0 saturated heterocycles. The maximum Gasteiger partial charge on any atom is 0.251 e. The number of amides is 2. The van der Waals surface area contributed by atoms with Gasteiger partial charge >= 0.3 is 0 Å². The van der Waals surface area contributed by atoms with Crippen molar-refractivity contribution in [3.05, 3.63) is 65.7 Å². The van der Waals surface area contributed by atoms with Crippen LogP contribution in [-0.4, -0.2) is 32.0 Å². The summed E-state index contributed by atoms with van der Waals surface area (Å²) in [6.07, 6.45) is 0. The molecule has 0 bridgehead atoms. The number of hydrogen-bond donors (Lipinski definition) is 3. The second-order valence-electron chi connectivity index (χ2n) is 5.81. The summed E-state index contributed by atoms with van der Waals surface area (Å²) in [5, 5.41) is 5.50. The average Bonchev–Trinajstić information content (AvgIpc) is 2.65. The molecule has 1 unspecified atom stereocenters. The molecular weight excluding hydrogens is 354 g/mol. The van der Waals surface area contributed by atoms with E-state index in [0.717, 1.165) is 5.56 Å². The summed E-state index contributed by atoms with van der Waals surface area (Å²) in [5.41, 5.74) is 6.27. The molecule has 2 rings (SSSR count). The zero-order valence-electron chi connectivity index (χ0n) is 14.8. The summed E-state index contributed by atoms with van der Waals surface area (Å²) in [6.45, 7) is 2.26. The van der Waals surface area contributed by atoms with E-state index in [-0.39, 0.29) is 24.2 Å². The summed E-state index contributed by atoms with van der Waals surface area (Å²) >= 11 is 0. The summed E-state index contributed by atoms with van der Waals surface area (Å²) in [4.78, 5) is 24.3. The van der Waals surface area contributed by atoms with Gasteiger partial charge in [-0.2, -0.15) is 0 Å². The standard InChI is InChI=1S/C19H23N3O3.ClH/c1-19(20,15-6-4-3-5-7-15)18(24)22-13-12-21-17(23)14-8-10-16(25-2)11-9-14;/h3-11H,12-13,20H2,1-2H3,(H,21,23)(H,22,24);1H. The maximum atomic E-state index is 12.3. The normalized spacial score (nSPS) is 12.3. The first-order chi connectivity index (χ1) is 11.9. The zero-order chi connectivity index (χ0) is 18.3. The fraction of sp³-hybridized carbons (Fsp3) is 0.263. The lowest BCUT2D eigenvalue weighted by atomic mass is 9.92. The van der Waals surface area contributed by atoms with Crippen LogP contribution in [0.4, 0.5) is 0 Å². The van der Waals surface area contributed by atoms with Gasteiger partial charge in [0.15, 0.2) is 0 Å². The van der Waals surface area contributed by atoms with E-state index in [1.54, 1.807) is 38.3 Å². The molecule has 140 valence electrons. The smallest absolute Gasteiger partial charge is 0.251 e. The van der Waals surface area contributed by atoms with Crippen LogP contribution in [0.3, 0.4) is 0 Å². The van der Waals surface area contributed by atoms with Crippen LogP contribution < -0.4 is 21.1 Å². The molecule has 7 heteroatoms. The summed E-state index contributed by atoms with van der Waals surface area (Å²) < 4.78 is 5.05. The predicted octanol–water partition coefficient (Wildman–Crippen LogP) is 1.84. The number of carbonyl (C=O) groups is 2. The van der Waals surface area contributed by atoms with E-state index < -0.39 is 5.54 Å². The third-order valence-electron chi connectivity index (χ3n) is 3.89. The monoisotopic (exact) mass is 377 g/mol. The molecule has 0 aliphatic heterocycles. The number of halogens is 1. The van der Waals surface area contributed by atoms with E-state index in [1.807, 2.05) is 30.3 Å². The van der Waals surface area contributed by atoms with E-state index in [4.69, 9.17) is 10.5 Å². The Balaban J connectivity index is 0.00000338. The average molecular weight is 378 g/mol. The van der Waals surface area contributed by atoms with Crippen LogP contribution >= 0.6 is 12.4 Å². The minimum Gasteiger partial charge on any atom is -0.497 e. The predicted molar refractivity (Wildman–Crippen MR) is 104 cm³/mol. The highest BCUT2D eigenvalue weighted by molar-refractivity contribution is 5.94. The van der Waals surface area contributed by atoms with Crippen molar-refractivity contribution in [2.24, 2.45) is 5.73 Å². The van der Waals surface area contributed by atoms with E-state index in [2.05, 4.69) is 10.6 Å². The maximum absolute atomic E-state index is 12.3. The zero-order valence-corrected chi connectivity index (χ0v) is 15.6. The van der Waals surface area contributed by atoms with E-state index in [0.29, 0.717) is 24.4 Å². The number of benzene rings is 2. The molecule has 4 N–H and O–H groups in total. The molecule has 2 amide bonds. The number of ether oxygens (including phenoxy) is 1. The van der Waals surface area contributed by atoms with Crippen LogP contribution in [-0.2, 0) is 10.3 Å². The Kier molecular flexibility index (Phi) is 8.09. The van der Waals surface area contributed by atoms with Crippen molar-refractivity contribution >= 4 is 24.2 Å².